The molecule has 0 saturated carbocycles. The van der Waals surface area contributed by atoms with Gasteiger partial charge in [0.1, 0.15) is 0 Å². The van der Waals surface area contributed by atoms with E-state index in [0.29, 0.717) is 0 Å². The molecule has 4 nitrogen and oxygen atoms in total. The van der Waals surface area contributed by atoms with E-state index in [0.717, 1.165) is 13.8 Å². The number of carbonyl (C=O) groups is 2. The normalized spacial score (nSPS) is 4.55. The van der Waals surface area contributed by atoms with Crippen molar-refractivity contribution in [2.45, 2.75) is 13.8 Å². The standard InChI is InChI=1S/2C2H4O2.3FH/c2*1-2(3)4;;;/h2*1H3,(H,3,4);3*1H. The maximum atomic E-state index is 9.00. The molecule has 0 spiro atoms. The summed E-state index contributed by atoms with van der Waals surface area (Å²) in [6, 6.07) is 0. The van der Waals surface area contributed by atoms with Crippen LogP contribution in [0.15, 0.2) is 0 Å². The molecule has 0 aromatic carbocycles. The zero-order valence-electron chi connectivity index (χ0n) is 5.94. The van der Waals surface area contributed by atoms with Crippen molar-refractivity contribution in [1.82, 2.24) is 0 Å². The summed E-state index contributed by atoms with van der Waals surface area (Å²) in [5, 5.41) is 14.8. The molecule has 0 saturated heterocycles. The Hall–Kier alpha value is -1.27. The number of rotatable bonds is 0. The van der Waals surface area contributed by atoms with Gasteiger partial charge in [-0.15, -0.1) is 0 Å². The lowest BCUT2D eigenvalue weighted by Crippen LogP contribution is -1.78. The van der Waals surface area contributed by atoms with Gasteiger partial charge in [-0.05, 0) is 0 Å². The van der Waals surface area contributed by atoms with Crippen LogP contribution in [0.2, 0.25) is 0 Å². The number of aliphatic carboxylic acids is 2. The van der Waals surface area contributed by atoms with Crippen LogP contribution in [0.5, 0.6) is 0 Å². The molecule has 0 aromatic heterocycles. The Morgan fingerprint density at radius 1 is 0.818 bits per heavy atom. The number of carboxylic acid groups (broad SMARTS) is 2. The van der Waals surface area contributed by atoms with E-state index in [1.165, 1.54) is 0 Å². The largest absolute Gasteiger partial charge is 0.481 e. The molecular weight excluding hydrogens is 169 g/mol. The van der Waals surface area contributed by atoms with Crippen LogP contribution in [-0.4, -0.2) is 22.2 Å². The summed E-state index contributed by atoms with van der Waals surface area (Å²) in [6.45, 7) is 2.17. The molecule has 7 heteroatoms. The van der Waals surface area contributed by atoms with Gasteiger partial charge in [0.25, 0.3) is 11.9 Å². The van der Waals surface area contributed by atoms with E-state index in [-0.39, 0.29) is 14.1 Å². The molecule has 0 aromatic rings. The van der Waals surface area contributed by atoms with Crippen LogP contribution in [0.4, 0.5) is 14.1 Å². The number of halogens is 3. The molecule has 0 unspecified atom stereocenters. The molecule has 11 heavy (non-hydrogen) atoms. The van der Waals surface area contributed by atoms with Crippen LogP contribution in [0.1, 0.15) is 13.8 Å². The van der Waals surface area contributed by atoms with Gasteiger partial charge in [0.15, 0.2) is 0 Å². The van der Waals surface area contributed by atoms with Gasteiger partial charge in [-0.2, -0.15) is 0 Å². The second-order valence-corrected chi connectivity index (χ2v) is 1.04. The minimum atomic E-state index is -0.833. The molecule has 0 aliphatic rings. The SMILES string of the molecule is CC(=O)O.CC(=O)O.F.F.F. The van der Waals surface area contributed by atoms with Gasteiger partial charge in [0.2, 0.25) is 0 Å². The van der Waals surface area contributed by atoms with E-state index in [4.69, 9.17) is 19.8 Å². The van der Waals surface area contributed by atoms with Crippen molar-refractivity contribution in [3.8, 4) is 0 Å². The van der Waals surface area contributed by atoms with E-state index in [2.05, 4.69) is 0 Å². The molecule has 0 aliphatic carbocycles. The van der Waals surface area contributed by atoms with Crippen molar-refractivity contribution in [3.63, 3.8) is 0 Å². The molecule has 0 rings (SSSR count). The van der Waals surface area contributed by atoms with Crippen molar-refractivity contribution in [2.24, 2.45) is 0 Å². The molecular formula is C4H11F3O4. The zero-order chi connectivity index (χ0) is 7.15. The molecule has 0 radical (unpaired) electrons. The van der Waals surface area contributed by atoms with E-state index < -0.39 is 11.9 Å². The van der Waals surface area contributed by atoms with Gasteiger partial charge in [-0.3, -0.25) is 23.7 Å². The zero-order valence-corrected chi connectivity index (χ0v) is 5.94. The maximum absolute atomic E-state index is 9.00. The highest BCUT2D eigenvalue weighted by atomic mass is 19.0. The summed E-state index contributed by atoms with van der Waals surface area (Å²) in [6.07, 6.45) is 0. The summed E-state index contributed by atoms with van der Waals surface area (Å²) in [5.41, 5.74) is 0. The molecule has 0 heterocycles. The van der Waals surface area contributed by atoms with E-state index in [1.54, 1.807) is 0 Å². The van der Waals surface area contributed by atoms with E-state index in [1.807, 2.05) is 0 Å². The summed E-state index contributed by atoms with van der Waals surface area (Å²) in [5.74, 6) is -1.67. The third-order valence-corrected chi connectivity index (χ3v) is 0. The molecule has 0 fully saturated rings. The molecule has 2 N–H and O–H groups in total. The third kappa shape index (κ3) is 245. The van der Waals surface area contributed by atoms with Gasteiger partial charge in [0, 0.05) is 13.8 Å². The highest BCUT2D eigenvalue weighted by Gasteiger charge is 1.65. The van der Waals surface area contributed by atoms with Crippen LogP contribution < -0.4 is 0 Å². The number of hydrogen-bond acceptors (Lipinski definition) is 2. The highest BCUT2D eigenvalue weighted by Crippen LogP contribution is 1.42. The summed E-state index contributed by atoms with van der Waals surface area (Å²) >= 11 is 0. The van der Waals surface area contributed by atoms with Crippen LogP contribution in [-0.2, 0) is 9.59 Å². The molecule has 0 bridgehead atoms. The first kappa shape index (κ1) is 33.1. The van der Waals surface area contributed by atoms with Crippen LogP contribution in [0.25, 0.3) is 0 Å². The summed E-state index contributed by atoms with van der Waals surface area (Å²) in [4.78, 5) is 18.0. The minimum Gasteiger partial charge on any atom is -0.481 e. The maximum Gasteiger partial charge on any atom is 0.300 e. The highest BCUT2D eigenvalue weighted by molar-refractivity contribution is 5.63. The minimum absolute atomic E-state index is 0. The second kappa shape index (κ2) is 23.3. The topological polar surface area (TPSA) is 74.6 Å². The fourth-order valence-corrected chi connectivity index (χ4v) is 0. The fourth-order valence-electron chi connectivity index (χ4n) is 0. The van der Waals surface area contributed by atoms with E-state index in [9.17, 15) is 0 Å². The van der Waals surface area contributed by atoms with Crippen LogP contribution in [0, 0.1) is 0 Å². The van der Waals surface area contributed by atoms with E-state index >= 15 is 0 Å². The lowest BCUT2D eigenvalue weighted by Gasteiger charge is -1.59. The molecule has 72 valence electrons. The van der Waals surface area contributed by atoms with Crippen molar-refractivity contribution < 1.29 is 33.9 Å². The quantitative estimate of drug-likeness (QED) is 0.573. The average molecular weight is 180 g/mol. The summed E-state index contributed by atoms with van der Waals surface area (Å²) in [7, 11) is 0. The van der Waals surface area contributed by atoms with Gasteiger partial charge in [-0.25, -0.2) is 0 Å². The Balaban J connectivity index is -0.0000000171. The predicted octanol–water partition coefficient (Wildman–Crippen LogP) is 0.639. The number of carboxylic acids is 2. The van der Waals surface area contributed by atoms with Gasteiger partial charge in [0.05, 0.1) is 0 Å². The number of hydrogen-bond donors (Lipinski definition) is 2. The van der Waals surface area contributed by atoms with Crippen molar-refractivity contribution in [2.75, 3.05) is 0 Å². The molecule has 0 amide bonds. The van der Waals surface area contributed by atoms with Gasteiger partial charge < -0.3 is 10.2 Å². The van der Waals surface area contributed by atoms with Crippen molar-refractivity contribution in [1.29, 1.82) is 0 Å². The van der Waals surface area contributed by atoms with Gasteiger partial charge in [-0.1, -0.05) is 0 Å². The Morgan fingerprint density at radius 2 is 0.818 bits per heavy atom. The monoisotopic (exact) mass is 180 g/mol. The Labute approximate surface area is 60.9 Å². The second-order valence-electron chi connectivity index (χ2n) is 1.04. The molecule has 0 atom stereocenters. The lowest BCUT2D eigenvalue weighted by atomic mass is 10.9. The van der Waals surface area contributed by atoms with Crippen molar-refractivity contribution >= 4 is 11.9 Å². The first-order valence-corrected chi connectivity index (χ1v) is 1.86. The van der Waals surface area contributed by atoms with Crippen LogP contribution >= 0.6 is 0 Å². The third-order valence-electron chi connectivity index (χ3n) is 0. The fraction of sp³-hybridized carbons (Fsp3) is 0.500. The van der Waals surface area contributed by atoms with Gasteiger partial charge >= 0.3 is 0 Å². The smallest absolute Gasteiger partial charge is 0.300 e. The predicted molar refractivity (Wildman–Crippen MR) is 34.1 cm³/mol. The summed E-state index contributed by atoms with van der Waals surface area (Å²) < 4.78 is 0. The lowest BCUT2D eigenvalue weighted by molar-refractivity contribution is -0.135. The Bertz CT molecular complexity index is 75.3. The van der Waals surface area contributed by atoms with Crippen LogP contribution in [0.3, 0.4) is 0 Å². The van der Waals surface area contributed by atoms with Crippen molar-refractivity contribution in [3.05, 3.63) is 0 Å². The molecule has 0 aliphatic heterocycles. The Kier molecular flexibility index (Phi) is 70.3. The first-order valence-electron chi connectivity index (χ1n) is 1.86. The average Bonchev–Trinajstić information content (AvgIpc) is 1.25. The Morgan fingerprint density at radius 3 is 0.818 bits per heavy atom. The first-order chi connectivity index (χ1) is 3.46.